The highest BCUT2D eigenvalue weighted by molar-refractivity contribution is 5.63. The van der Waals surface area contributed by atoms with Crippen molar-refractivity contribution in [2.24, 2.45) is 0 Å². The summed E-state index contributed by atoms with van der Waals surface area (Å²) >= 11 is 0. The lowest BCUT2D eigenvalue weighted by Crippen LogP contribution is -1.98. The van der Waals surface area contributed by atoms with E-state index in [2.05, 4.69) is 15.1 Å². The van der Waals surface area contributed by atoms with E-state index in [1.165, 1.54) is 0 Å². The van der Waals surface area contributed by atoms with Crippen molar-refractivity contribution in [3.05, 3.63) is 36.5 Å². The highest BCUT2D eigenvalue weighted by Crippen LogP contribution is 2.33. The summed E-state index contributed by atoms with van der Waals surface area (Å²) < 4.78 is 21.7. The Morgan fingerprint density at radius 2 is 1.76 bits per heavy atom. The maximum Gasteiger partial charge on any atom is 0.258 e. The number of ether oxygens (including phenoxy) is 3. The van der Waals surface area contributed by atoms with Gasteiger partial charge in [0.15, 0.2) is 11.5 Å². The first-order chi connectivity index (χ1) is 12.2. The number of rotatable bonds is 7. The second kappa shape index (κ2) is 7.65. The summed E-state index contributed by atoms with van der Waals surface area (Å²) in [5.74, 6) is 2.68. The summed E-state index contributed by atoms with van der Waals surface area (Å²) in [4.78, 5) is 8.51. The van der Waals surface area contributed by atoms with Gasteiger partial charge in [-0.15, -0.1) is 0 Å². The second-order valence-electron chi connectivity index (χ2n) is 5.04. The number of pyridine rings is 1. The molecule has 0 saturated carbocycles. The smallest absolute Gasteiger partial charge is 0.258 e. The predicted molar refractivity (Wildman–Crippen MR) is 91.9 cm³/mol. The van der Waals surface area contributed by atoms with E-state index in [9.17, 15) is 0 Å². The zero-order valence-electron chi connectivity index (χ0n) is 14.4. The molecule has 0 spiro atoms. The largest absolute Gasteiger partial charge is 0.490 e. The van der Waals surface area contributed by atoms with Crippen molar-refractivity contribution < 1.29 is 18.7 Å². The normalized spacial score (nSPS) is 10.5. The average Bonchev–Trinajstić information content (AvgIpc) is 3.14. The van der Waals surface area contributed by atoms with E-state index in [1.54, 1.807) is 25.4 Å². The molecule has 7 heteroatoms. The topological polar surface area (TPSA) is 79.5 Å². The Bertz CT molecular complexity index is 848. The number of aromatic nitrogens is 3. The lowest BCUT2D eigenvalue weighted by Gasteiger charge is -2.11. The van der Waals surface area contributed by atoms with E-state index in [1.807, 2.05) is 32.0 Å². The van der Waals surface area contributed by atoms with Crippen molar-refractivity contribution in [3.8, 4) is 40.2 Å². The van der Waals surface area contributed by atoms with Crippen molar-refractivity contribution in [2.75, 3.05) is 20.3 Å². The van der Waals surface area contributed by atoms with Crippen molar-refractivity contribution in [1.29, 1.82) is 0 Å². The van der Waals surface area contributed by atoms with Crippen molar-refractivity contribution in [2.45, 2.75) is 13.8 Å². The van der Waals surface area contributed by atoms with Gasteiger partial charge < -0.3 is 18.7 Å². The molecule has 0 radical (unpaired) electrons. The summed E-state index contributed by atoms with van der Waals surface area (Å²) in [6.07, 6.45) is 1.63. The molecule has 130 valence electrons. The Hall–Kier alpha value is -3.09. The third-order valence-corrected chi connectivity index (χ3v) is 3.42. The van der Waals surface area contributed by atoms with Crippen LogP contribution in [0.25, 0.3) is 22.8 Å². The molecule has 0 N–H and O–H groups in total. The molecule has 0 saturated heterocycles. The fraction of sp³-hybridized carbons (Fsp3) is 0.278. The van der Waals surface area contributed by atoms with E-state index < -0.39 is 0 Å². The molecule has 2 heterocycles. The van der Waals surface area contributed by atoms with Gasteiger partial charge in [-0.25, -0.2) is 4.98 Å². The van der Waals surface area contributed by atoms with Crippen LogP contribution in [0, 0.1) is 0 Å². The van der Waals surface area contributed by atoms with E-state index in [4.69, 9.17) is 18.7 Å². The first-order valence-corrected chi connectivity index (χ1v) is 7.99. The quantitative estimate of drug-likeness (QED) is 0.649. The molecule has 0 aliphatic rings. The van der Waals surface area contributed by atoms with Gasteiger partial charge in [0, 0.05) is 23.4 Å². The molecule has 0 atom stereocenters. The minimum atomic E-state index is 0.398. The minimum Gasteiger partial charge on any atom is -0.490 e. The van der Waals surface area contributed by atoms with E-state index >= 15 is 0 Å². The SMILES string of the molecule is CCOc1ccc(-c2nc(-c3ccnc(OC)c3)no2)cc1OCC. The number of benzene rings is 1. The lowest BCUT2D eigenvalue weighted by molar-refractivity contribution is 0.288. The van der Waals surface area contributed by atoms with Crippen molar-refractivity contribution in [3.63, 3.8) is 0 Å². The molecule has 7 nitrogen and oxygen atoms in total. The minimum absolute atomic E-state index is 0.398. The lowest BCUT2D eigenvalue weighted by atomic mass is 10.2. The molecule has 25 heavy (non-hydrogen) atoms. The van der Waals surface area contributed by atoms with Gasteiger partial charge in [-0.1, -0.05) is 5.16 Å². The van der Waals surface area contributed by atoms with Gasteiger partial charge in [0.25, 0.3) is 5.89 Å². The maximum absolute atomic E-state index is 5.63. The first-order valence-electron chi connectivity index (χ1n) is 7.99. The molecule has 0 unspecified atom stereocenters. The second-order valence-corrected chi connectivity index (χ2v) is 5.04. The summed E-state index contributed by atoms with van der Waals surface area (Å²) in [7, 11) is 1.56. The fourth-order valence-corrected chi connectivity index (χ4v) is 2.30. The van der Waals surface area contributed by atoms with E-state index in [0.29, 0.717) is 42.3 Å². The van der Waals surface area contributed by atoms with Crippen LogP contribution >= 0.6 is 0 Å². The monoisotopic (exact) mass is 341 g/mol. The van der Waals surface area contributed by atoms with Gasteiger partial charge in [0.2, 0.25) is 11.7 Å². The van der Waals surface area contributed by atoms with Crippen LogP contribution in [0.3, 0.4) is 0 Å². The predicted octanol–water partition coefficient (Wildman–Crippen LogP) is 3.60. The van der Waals surface area contributed by atoms with Crippen LogP contribution in [0.5, 0.6) is 17.4 Å². The molecule has 3 rings (SSSR count). The average molecular weight is 341 g/mol. The van der Waals surface area contributed by atoms with E-state index in [-0.39, 0.29) is 0 Å². The van der Waals surface area contributed by atoms with Crippen molar-refractivity contribution in [1.82, 2.24) is 15.1 Å². The van der Waals surface area contributed by atoms with E-state index in [0.717, 1.165) is 11.1 Å². The summed E-state index contributed by atoms with van der Waals surface area (Å²) in [5.41, 5.74) is 1.52. The van der Waals surface area contributed by atoms with Gasteiger partial charge >= 0.3 is 0 Å². The number of nitrogens with zero attached hydrogens (tertiary/aromatic N) is 3. The molecule has 3 aromatic rings. The molecule has 2 aromatic heterocycles. The molecule has 1 aromatic carbocycles. The van der Waals surface area contributed by atoms with Crippen LogP contribution in [0.4, 0.5) is 0 Å². The van der Waals surface area contributed by atoms with Crippen LogP contribution in [0.15, 0.2) is 41.1 Å². The Kier molecular flexibility index (Phi) is 5.13. The van der Waals surface area contributed by atoms with Crippen molar-refractivity contribution >= 4 is 0 Å². The number of hydrogen-bond acceptors (Lipinski definition) is 7. The standard InChI is InChI=1S/C18H19N3O4/c1-4-23-14-7-6-13(10-15(14)24-5-2)18-20-17(21-25-18)12-8-9-19-16(11-12)22-3/h6-11H,4-5H2,1-3H3. The summed E-state index contributed by atoms with van der Waals surface area (Å²) in [5, 5.41) is 4.03. The Morgan fingerprint density at radius 1 is 0.960 bits per heavy atom. The zero-order chi connectivity index (χ0) is 17.6. The van der Waals surface area contributed by atoms with Gasteiger partial charge in [0.05, 0.1) is 20.3 Å². The fourth-order valence-electron chi connectivity index (χ4n) is 2.30. The third-order valence-electron chi connectivity index (χ3n) is 3.42. The molecular formula is C18H19N3O4. The van der Waals surface area contributed by atoms with Gasteiger partial charge in [-0.05, 0) is 38.1 Å². The molecular weight excluding hydrogens is 322 g/mol. The molecule has 0 bridgehead atoms. The van der Waals surface area contributed by atoms with Gasteiger partial charge in [0.1, 0.15) is 0 Å². The van der Waals surface area contributed by atoms with Crippen LogP contribution < -0.4 is 14.2 Å². The van der Waals surface area contributed by atoms with Crippen LogP contribution in [0.1, 0.15) is 13.8 Å². The maximum atomic E-state index is 5.63. The molecule has 0 aliphatic carbocycles. The Morgan fingerprint density at radius 3 is 2.52 bits per heavy atom. The van der Waals surface area contributed by atoms with Crippen LogP contribution in [-0.4, -0.2) is 35.4 Å². The van der Waals surface area contributed by atoms with Crippen LogP contribution in [0.2, 0.25) is 0 Å². The number of methoxy groups -OCH3 is 1. The zero-order valence-corrected chi connectivity index (χ0v) is 14.4. The molecule has 0 fully saturated rings. The summed E-state index contributed by atoms with van der Waals surface area (Å²) in [6, 6.07) is 9.07. The number of hydrogen-bond donors (Lipinski definition) is 0. The Labute approximate surface area is 145 Å². The highest BCUT2D eigenvalue weighted by Gasteiger charge is 2.14. The van der Waals surface area contributed by atoms with Gasteiger partial charge in [-0.3, -0.25) is 0 Å². The first kappa shape index (κ1) is 16.8. The highest BCUT2D eigenvalue weighted by atomic mass is 16.5. The molecule has 0 aliphatic heterocycles. The Balaban J connectivity index is 1.92. The third kappa shape index (κ3) is 3.71. The summed E-state index contributed by atoms with van der Waals surface area (Å²) in [6.45, 7) is 4.95. The van der Waals surface area contributed by atoms with Gasteiger partial charge in [-0.2, -0.15) is 4.98 Å². The molecule has 0 amide bonds. The van der Waals surface area contributed by atoms with Crippen LogP contribution in [-0.2, 0) is 0 Å².